The summed E-state index contributed by atoms with van der Waals surface area (Å²) in [5, 5.41) is 0.347. The molecule has 4 nitrogen and oxygen atoms in total. The molecule has 0 saturated carbocycles. The van der Waals surface area contributed by atoms with Gasteiger partial charge in [-0.25, -0.2) is 4.39 Å². The first-order valence-corrected chi connectivity index (χ1v) is 8.41. The highest BCUT2D eigenvalue weighted by Gasteiger charge is 2.36. The van der Waals surface area contributed by atoms with Gasteiger partial charge in [0.2, 0.25) is 5.91 Å². The molecule has 1 atom stereocenters. The van der Waals surface area contributed by atoms with Crippen LogP contribution in [0.4, 0.5) is 10.1 Å². The third-order valence-corrected chi connectivity index (χ3v) is 4.74. The average Bonchev–Trinajstić information content (AvgIpc) is 2.59. The van der Waals surface area contributed by atoms with Gasteiger partial charge in [0, 0.05) is 13.1 Å². The Labute approximate surface area is 150 Å². The van der Waals surface area contributed by atoms with Gasteiger partial charge >= 0.3 is 0 Å². The van der Waals surface area contributed by atoms with E-state index in [2.05, 4.69) is 0 Å². The first-order chi connectivity index (χ1) is 11.9. The molecule has 2 aromatic rings. The van der Waals surface area contributed by atoms with Crippen molar-refractivity contribution in [2.75, 3.05) is 18.0 Å². The minimum Gasteiger partial charge on any atom is -0.325 e. The van der Waals surface area contributed by atoms with E-state index < -0.39 is 11.9 Å². The van der Waals surface area contributed by atoms with Crippen LogP contribution in [-0.2, 0) is 4.79 Å². The zero-order valence-electron chi connectivity index (χ0n) is 14.0. The van der Waals surface area contributed by atoms with E-state index in [0.29, 0.717) is 17.1 Å². The number of carbonyl (C=O) groups is 2. The first kappa shape index (κ1) is 17.4. The number of carbonyl (C=O) groups excluding carboxylic acids is 2. The fraction of sp³-hybridized carbons (Fsp3) is 0.263. The van der Waals surface area contributed by atoms with E-state index in [9.17, 15) is 14.0 Å². The number of piperazine rings is 1. The van der Waals surface area contributed by atoms with Crippen LogP contribution in [0.25, 0.3) is 0 Å². The molecule has 1 fully saturated rings. The summed E-state index contributed by atoms with van der Waals surface area (Å²) >= 11 is 6.09. The second-order valence-electron chi connectivity index (χ2n) is 6.10. The van der Waals surface area contributed by atoms with Crippen LogP contribution in [0.3, 0.4) is 0 Å². The second-order valence-corrected chi connectivity index (χ2v) is 6.51. The molecule has 0 spiro atoms. The monoisotopic (exact) mass is 360 g/mol. The predicted octanol–water partition coefficient (Wildman–Crippen LogP) is 3.67. The fourth-order valence-electron chi connectivity index (χ4n) is 3.01. The van der Waals surface area contributed by atoms with Gasteiger partial charge in [-0.1, -0.05) is 29.8 Å². The molecule has 0 bridgehead atoms. The number of hydrogen-bond acceptors (Lipinski definition) is 2. The van der Waals surface area contributed by atoms with Gasteiger partial charge in [-0.2, -0.15) is 0 Å². The molecule has 6 heteroatoms. The van der Waals surface area contributed by atoms with Crippen LogP contribution < -0.4 is 4.90 Å². The number of anilines is 1. The van der Waals surface area contributed by atoms with Gasteiger partial charge in [0.1, 0.15) is 11.9 Å². The molecule has 0 aliphatic carbocycles. The molecule has 3 rings (SSSR count). The summed E-state index contributed by atoms with van der Waals surface area (Å²) in [6, 6.07) is 10.7. The lowest BCUT2D eigenvalue weighted by Crippen LogP contribution is -2.58. The quantitative estimate of drug-likeness (QED) is 0.820. The summed E-state index contributed by atoms with van der Waals surface area (Å²) in [4.78, 5) is 28.4. The third-order valence-electron chi connectivity index (χ3n) is 4.41. The van der Waals surface area contributed by atoms with Crippen molar-refractivity contribution in [3.05, 3.63) is 64.4 Å². The zero-order valence-corrected chi connectivity index (χ0v) is 14.8. The number of hydrogen-bond donors (Lipinski definition) is 0. The SMILES string of the molecule is Cc1ccc(F)c(N2CCN(C(=O)c3ccccc3Cl)[C@H](C)C2=O)c1. The van der Waals surface area contributed by atoms with Crippen LogP contribution in [-0.4, -0.2) is 35.8 Å². The molecule has 1 aliphatic rings. The van der Waals surface area contributed by atoms with E-state index in [-0.39, 0.29) is 24.0 Å². The van der Waals surface area contributed by atoms with Crippen molar-refractivity contribution in [2.24, 2.45) is 0 Å². The summed E-state index contributed by atoms with van der Waals surface area (Å²) in [5.41, 5.74) is 1.48. The lowest BCUT2D eigenvalue weighted by molar-refractivity contribution is -0.124. The Bertz CT molecular complexity index is 840. The molecule has 2 aromatic carbocycles. The average molecular weight is 361 g/mol. The highest BCUT2D eigenvalue weighted by molar-refractivity contribution is 6.33. The van der Waals surface area contributed by atoms with Gasteiger partial charge in [-0.05, 0) is 43.7 Å². The molecular formula is C19H18ClFN2O2. The van der Waals surface area contributed by atoms with Crippen LogP contribution in [0.15, 0.2) is 42.5 Å². The Kier molecular flexibility index (Phi) is 4.77. The van der Waals surface area contributed by atoms with Crippen LogP contribution in [0, 0.1) is 12.7 Å². The summed E-state index contributed by atoms with van der Waals surface area (Å²) < 4.78 is 14.1. The highest BCUT2D eigenvalue weighted by atomic mass is 35.5. The van der Waals surface area contributed by atoms with Crippen molar-refractivity contribution in [3.63, 3.8) is 0 Å². The molecule has 0 unspecified atom stereocenters. The van der Waals surface area contributed by atoms with Crippen molar-refractivity contribution in [3.8, 4) is 0 Å². The maximum absolute atomic E-state index is 14.1. The smallest absolute Gasteiger partial charge is 0.256 e. The largest absolute Gasteiger partial charge is 0.325 e. The van der Waals surface area contributed by atoms with Crippen molar-refractivity contribution in [1.29, 1.82) is 0 Å². The van der Waals surface area contributed by atoms with Gasteiger partial charge in [-0.15, -0.1) is 0 Å². The van der Waals surface area contributed by atoms with Crippen LogP contribution >= 0.6 is 11.6 Å². The zero-order chi connectivity index (χ0) is 18.1. The van der Waals surface area contributed by atoms with E-state index >= 15 is 0 Å². The van der Waals surface area contributed by atoms with E-state index in [1.54, 1.807) is 43.3 Å². The Balaban J connectivity index is 1.86. The van der Waals surface area contributed by atoms with Gasteiger partial charge in [0.05, 0.1) is 16.3 Å². The topological polar surface area (TPSA) is 40.6 Å². The molecule has 0 radical (unpaired) electrons. The van der Waals surface area contributed by atoms with Crippen LogP contribution in [0.5, 0.6) is 0 Å². The number of halogens is 2. The molecular weight excluding hydrogens is 343 g/mol. The minimum atomic E-state index is -0.697. The molecule has 2 amide bonds. The first-order valence-electron chi connectivity index (χ1n) is 8.03. The number of nitrogens with zero attached hydrogens (tertiary/aromatic N) is 2. The maximum atomic E-state index is 14.1. The second kappa shape index (κ2) is 6.84. The summed E-state index contributed by atoms with van der Waals surface area (Å²) in [7, 11) is 0. The third kappa shape index (κ3) is 3.24. The fourth-order valence-corrected chi connectivity index (χ4v) is 3.22. The lowest BCUT2D eigenvalue weighted by Gasteiger charge is -2.39. The Morgan fingerprint density at radius 2 is 1.92 bits per heavy atom. The van der Waals surface area contributed by atoms with E-state index in [1.165, 1.54) is 15.9 Å². The minimum absolute atomic E-state index is 0.236. The van der Waals surface area contributed by atoms with Gasteiger partial charge in [-0.3, -0.25) is 9.59 Å². The van der Waals surface area contributed by atoms with Crippen molar-refractivity contribution < 1.29 is 14.0 Å². The van der Waals surface area contributed by atoms with Crippen molar-refractivity contribution >= 4 is 29.1 Å². The molecule has 0 N–H and O–H groups in total. The van der Waals surface area contributed by atoms with Gasteiger partial charge in [0.25, 0.3) is 5.91 Å². The number of rotatable bonds is 2. The van der Waals surface area contributed by atoms with Crippen LogP contribution in [0.1, 0.15) is 22.8 Å². The maximum Gasteiger partial charge on any atom is 0.256 e. The number of aryl methyl sites for hydroxylation is 1. The van der Waals surface area contributed by atoms with Gasteiger partial charge in [0.15, 0.2) is 0 Å². The Hall–Kier alpha value is -2.40. The standard InChI is InChI=1S/C19H18ClFN2O2/c1-12-7-8-16(21)17(11-12)23-10-9-22(13(2)18(23)24)19(25)14-5-3-4-6-15(14)20/h3-8,11,13H,9-10H2,1-2H3/t13-/m1/s1. The predicted molar refractivity (Wildman–Crippen MR) is 95.4 cm³/mol. The molecule has 1 saturated heterocycles. The molecule has 1 heterocycles. The lowest BCUT2D eigenvalue weighted by atomic mass is 10.1. The van der Waals surface area contributed by atoms with E-state index in [1.807, 2.05) is 6.92 Å². The van der Waals surface area contributed by atoms with Crippen molar-refractivity contribution in [1.82, 2.24) is 4.90 Å². The summed E-state index contributed by atoms with van der Waals surface area (Å²) in [5.74, 6) is -1.05. The van der Waals surface area contributed by atoms with Crippen molar-refractivity contribution in [2.45, 2.75) is 19.9 Å². The molecule has 25 heavy (non-hydrogen) atoms. The Morgan fingerprint density at radius 3 is 2.64 bits per heavy atom. The van der Waals surface area contributed by atoms with E-state index in [4.69, 9.17) is 11.6 Å². The molecule has 1 aliphatic heterocycles. The molecule has 130 valence electrons. The normalized spacial score (nSPS) is 17.8. The number of amides is 2. The number of benzene rings is 2. The summed E-state index contributed by atoms with van der Waals surface area (Å²) in [6.07, 6.45) is 0. The van der Waals surface area contributed by atoms with E-state index in [0.717, 1.165) is 5.56 Å². The van der Waals surface area contributed by atoms with Gasteiger partial charge < -0.3 is 9.80 Å². The highest BCUT2D eigenvalue weighted by Crippen LogP contribution is 2.26. The Morgan fingerprint density at radius 1 is 1.20 bits per heavy atom. The molecule has 0 aromatic heterocycles. The summed E-state index contributed by atoms with van der Waals surface area (Å²) in [6.45, 7) is 4.04. The van der Waals surface area contributed by atoms with Crippen LogP contribution in [0.2, 0.25) is 5.02 Å².